The molecule has 1 unspecified atom stereocenters. The summed E-state index contributed by atoms with van der Waals surface area (Å²) in [7, 11) is -3.54. The third-order valence-corrected chi connectivity index (χ3v) is 3.41. The lowest BCUT2D eigenvalue weighted by Gasteiger charge is -2.14. The Kier molecular flexibility index (Phi) is 4.03. The number of rotatable bonds is 5. The topological polar surface area (TPSA) is 83.5 Å². The molecule has 0 heterocycles. The Labute approximate surface area is 94.2 Å². The monoisotopic (exact) mass is 243 g/mol. The predicted octanol–water partition coefficient (Wildman–Crippen LogP) is 0.752. The maximum Gasteiger partial charge on any atom is 0.326 e. The largest absolute Gasteiger partial charge is 0.480 e. The van der Waals surface area contributed by atoms with E-state index < -0.39 is 22.0 Å². The first kappa shape index (κ1) is 12.7. The predicted molar refractivity (Wildman–Crippen MR) is 59.4 cm³/mol. The summed E-state index contributed by atoms with van der Waals surface area (Å²) in [5.74, 6) is -1.37. The summed E-state index contributed by atoms with van der Waals surface area (Å²) in [5.41, 5.74) is 0.409. The van der Waals surface area contributed by atoms with Gasteiger partial charge in [-0.15, -0.1) is 0 Å². The zero-order valence-corrected chi connectivity index (χ0v) is 9.57. The fourth-order valence-electron chi connectivity index (χ4n) is 1.17. The van der Waals surface area contributed by atoms with Crippen molar-refractivity contribution in [1.29, 1.82) is 0 Å². The molecule has 0 radical (unpaired) electrons. The van der Waals surface area contributed by atoms with Crippen molar-refractivity contribution in [2.24, 2.45) is 0 Å². The number of carboxylic acid groups (broad SMARTS) is 1. The summed E-state index contributed by atoms with van der Waals surface area (Å²) in [5, 5.41) is 8.96. The second-order valence-corrected chi connectivity index (χ2v) is 5.25. The molecule has 2 N–H and O–H groups in total. The van der Waals surface area contributed by atoms with Crippen LogP contribution in [0.5, 0.6) is 0 Å². The summed E-state index contributed by atoms with van der Waals surface area (Å²) in [6.07, 6.45) is 0. The first-order valence-electron chi connectivity index (χ1n) is 4.74. The van der Waals surface area contributed by atoms with Crippen molar-refractivity contribution in [3.05, 3.63) is 35.9 Å². The Morgan fingerprint density at radius 3 is 2.38 bits per heavy atom. The van der Waals surface area contributed by atoms with Gasteiger partial charge < -0.3 is 5.11 Å². The van der Waals surface area contributed by atoms with Crippen LogP contribution < -0.4 is 4.72 Å². The van der Waals surface area contributed by atoms with Gasteiger partial charge in [0.15, 0.2) is 0 Å². The molecular formula is C10H13NO4S. The van der Waals surface area contributed by atoms with E-state index in [0.717, 1.165) is 0 Å². The zero-order valence-electron chi connectivity index (χ0n) is 8.75. The molecule has 6 heteroatoms. The number of carboxylic acids is 1. The molecule has 0 spiro atoms. The van der Waals surface area contributed by atoms with Crippen molar-refractivity contribution >= 4 is 16.0 Å². The van der Waals surface area contributed by atoms with Gasteiger partial charge in [0, 0.05) is 0 Å². The Morgan fingerprint density at radius 2 is 1.94 bits per heavy atom. The Hall–Kier alpha value is -1.40. The second kappa shape index (κ2) is 5.09. The first-order valence-corrected chi connectivity index (χ1v) is 6.39. The minimum absolute atomic E-state index is 0.149. The van der Waals surface area contributed by atoms with Gasteiger partial charge in [0.25, 0.3) is 0 Å². The Bertz CT molecular complexity index is 455. The molecule has 0 fully saturated rings. The van der Waals surface area contributed by atoms with Gasteiger partial charge in [-0.05, 0) is 12.5 Å². The number of aliphatic carboxylic acids is 1. The highest BCUT2D eigenvalue weighted by Gasteiger charge is 2.24. The molecular weight excluding hydrogens is 230 g/mol. The van der Waals surface area contributed by atoms with E-state index in [0.29, 0.717) is 5.56 Å². The smallest absolute Gasteiger partial charge is 0.326 e. The van der Waals surface area contributed by atoms with Gasteiger partial charge in [-0.2, -0.15) is 4.72 Å². The van der Waals surface area contributed by atoms with E-state index in [9.17, 15) is 13.2 Å². The maximum absolute atomic E-state index is 11.3. The quantitative estimate of drug-likeness (QED) is 0.799. The van der Waals surface area contributed by atoms with Crippen molar-refractivity contribution in [2.75, 3.05) is 5.75 Å². The van der Waals surface area contributed by atoms with Gasteiger partial charge in [0.2, 0.25) is 10.0 Å². The zero-order chi connectivity index (χ0) is 12.2. The Morgan fingerprint density at radius 1 is 1.38 bits per heavy atom. The number of nitrogens with one attached hydrogen (secondary N) is 1. The van der Waals surface area contributed by atoms with E-state index in [-0.39, 0.29) is 5.75 Å². The van der Waals surface area contributed by atoms with Crippen molar-refractivity contribution < 1.29 is 18.3 Å². The van der Waals surface area contributed by atoms with Crippen LogP contribution in [0.2, 0.25) is 0 Å². The molecule has 0 saturated carbocycles. The summed E-state index contributed by atoms with van der Waals surface area (Å²) in [6.45, 7) is 1.45. The molecule has 88 valence electrons. The van der Waals surface area contributed by atoms with E-state index in [1.807, 2.05) is 0 Å². The molecule has 0 aliphatic carbocycles. The number of sulfonamides is 1. The molecule has 0 bridgehead atoms. The van der Waals surface area contributed by atoms with E-state index in [1.165, 1.54) is 6.92 Å². The summed E-state index contributed by atoms with van der Waals surface area (Å²) in [4.78, 5) is 11.0. The molecule has 0 aliphatic rings. The van der Waals surface area contributed by atoms with Gasteiger partial charge >= 0.3 is 5.97 Å². The fraction of sp³-hybridized carbons (Fsp3) is 0.300. The van der Waals surface area contributed by atoms with Gasteiger partial charge in [-0.1, -0.05) is 30.3 Å². The minimum atomic E-state index is -3.54. The van der Waals surface area contributed by atoms with E-state index in [4.69, 9.17) is 5.11 Å². The lowest BCUT2D eigenvalue weighted by Crippen LogP contribution is -2.34. The summed E-state index contributed by atoms with van der Waals surface area (Å²) < 4.78 is 24.8. The molecule has 0 saturated heterocycles. The van der Waals surface area contributed by atoms with E-state index >= 15 is 0 Å². The maximum atomic E-state index is 11.3. The number of hydrogen-bond donors (Lipinski definition) is 2. The highest BCUT2D eigenvalue weighted by molar-refractivity contribution is 7.89. The molecule has 1 aromatic carbocycles. The van der Waals surface area contributed by atoms with Crippen molar-refractivity contribution in [1.82, 2.24) is 4.72 Å². The normalized spacial score (nSPS) is 13.3. The molecule has 1 rings (SSSR count). The third kappa shape index (κ3) is 3.32. The van der Waals surface area contributed by atoms with Crippen LogP contribution in [-0.2, 0) is 14.8 Å². The summed E-state index contributed by atoms with van der Waals surface area (Å²) >= 11 is 0. The van der Waals surface area contributed by atoms with Crippen LogP contribution in [0.1, 0.15) is 18.5 Å². The van der Waals surface area contributed by atoms with Gasteiger partial charge in [-0.3, -0.25) is 4.79 Å². The molecule has 16 heavy (non-hydrogen) atoms. The molecule has 1 aromatic rings. The van der Waals surface area contributed by atoms with Gasteiger partial charge in [0.05, 0.1) is 5.75 Å². The van der Waals surface area contributed by atoms with E-state index in [1.54, 1.807) is 30.3 Å². The molecule has 0 aromatic heterocycles. The standard InChI is InChI=1S/C10H13NO4S/c1-2-16(14,15)11-9(10(12)13)8-6-4-3-5-7-8/h3-7,9,11H,2H2,1H3,(H,12,13). The lowest BCUT2D eigenvalue weighted by molar-refractivity contribution is -0.139. The van der Waals surface area contributed by atoms with Crippen LogP contribution in [0.3, 0.4) is 0 Å². The van der Waals surface area contributed by atoms with Crippen molar-refractivity contribution in [2.45, 2.75) is 13.0 Å². The highest BCUT2D eigenvalue weighted by atomic mass is 32.2. The Balaban J connectivity index is 2.99. The molecule has 0 amide bonds. The minimum Gasteiger partial charge on any atom is -0.480 e. The third-order valence-electron chi connectivity index (χ3n) is 2.06. The van der Waals surface area contributed by atoms with Crippen molar-refractivity contribution in [3.8, 4) is 0 Å². The lowest BCUT2D eigenvalue weighted by atomic mass is 10.1. The second-order valence-electron chi connectivity index (χ2n) is 3.20. The SMILES string of the molecule is CCS(=O)(=O)NC(C(=O)O)c1ccccc1. The van der Waals surface area contributed by atoms with Crippen LogP contribution in [0.4, 0.5) is 0 Å². The molecule has 0 aliphatic heterocycles. The average Bonchev–Trinajstić information content (AvgIpc) is 2.27. The van der Waals surface area contributed by atoms with Gasteiger partial charge in [0.1, 0.15) is 6.04 Å². The highest BCUT2D eigenvalue weighted by Crippen LogP contribution is 2.13. The number of hydrogen-bond acceptors (Lipinski definition) is 3. The van der Waals surface area contributed by atoms with Gasteiger partial charge in [-0.25, -0.2) is 8.42 Å². The molecule has 1 atom stereocenters. The van der Waals surface area contributed by atoms with Crippen LogP contribution in [0, 0.1) is 0 Å². The first-order chi connectivity index (χ1) is 7.46. The van der Waals surface area contributed by atoms with Crippen LogP contribution >= 0.6 is 0 Å². The average molecular weight is 243 g/mol. The fourth-order valence-corrected chi connectivity index (χ4v) is 1.93. The van der Waals surface area contributed by atoms with Crippen LogP contribution in [0.15, 0.2) is 30.3 Å². The van der Waals surface area contributed by atoms with Crippen LogP contribution in [-0.4, -0.2) is 25.2 Å². The van der Waals surface area contributed by atoms with E-state index in [2.05, 4.69) is 4.72 Å². The van der Waals surface area contributed by atoms with Crippen LogP contribution in [0.25, 0.3) is 0 Å². The van der Waals surface area contributed by atoms with Crippen molar-refractivity contribution in [3.63, 3.8) is 0 Å². The number of benzene rings is 1. The number of carbonyl (C=O) groups is 1. The molecule has 5 nitrogen and oxygen atoms in total. The summed E-state index contributed by atoms with van der Waals surface area (Å²) in [6, 6.07) is 6.95.